The van der Waals surface area contributed by atoms with Crippen LogP contribution in [0.4, 0.5) is 5.82 Å². The average Bonchev–Trinajstić information content (AvgIpc) is 2.64. The number of ether oxygens (including phenoxy) is 1. The zero-order chi connectivity index (χ0) is 18.7. The van der Waals surface area contributed by atoms with E-state index < -0.39 is 0 Å². The summed E-state index contributed by atoms with van der Waals surface area (Å²) in [6, 6.07) is 17.2. The molecule has 0 aliphatic rings. The van der Waals surface area contributed by atoms with E-state index in [2.05, 4.69) is 11.1 Å². The molecule has 4 nitrogen and oxygen atoms in total. The predicted octanol–water partition coefficient (Wildman–Crippen LogP) is 5.23. The van der Waals surface area contributed by atoms with Crippen molar-refractivity contribution < 1.29 is 4.74 Å². The molecule has 1 aromatic heterocycles. The summed E-state index contributed by atoms with van der Waals surface area (Å²) in [4.78, 5) is 4.46. The lowest BCUT2D eigenvalue weighted by Crippen LogP contribution is -2.03. The fraction of sp³-hybridized carbons (Fsp3) is 0.143. The van der Waals surface area contributed by atoms with E-state index >= 15 is 0 Å². The Kier molecular flexibility index (Phi) is 5.11. The van der Waals surface area contributed by atoms with Crippen molar-refractivity contribution in [3.05, 3.63) is 64.7 Å². The molecule has 3 rings (SSSR count). The van der Waals surface area contributed by atoms with Gasteiger partial charge in [-0.25, -0.2) is 4.98 Å². The molecule has 0 saturated heterocycles. The number of nitrogens with two attached hydrogens (primary N) is 1. The van der Waals surface area contributed by atoms with Gasteiger partial charge in [-0.3, -0.25) is 0 Å². The second-order valence-corrected chi connectivity index (χ2v) is 6.24. The molecule has 0 fully saturated rings. The molecule has 1 heterocycles. The van der Waals surface area contributed by atoms with Crippen molar-refractivity contribution in [1.82, 2.24) is 4.98 Å². The van der Waals surface area contributed by atoms with E-state index in [1.165, 1.54) is 0 Å². The van der Waals surface area contributed by atoms with Crippen LogP contribution < -0.4 is 10.5 Å². The number of rotatable bonds is 4. The third-order valence-electron chi connectivity index (χ3n) is 4.13. The molecule has 5 heteroatoms. The first kappa shape index (κ1) is 17.8. The molecule has 0 aliphatic heterocycles. The molecule has 0 aliphatic carbocycles. The van der Waals surface area contributed by atoms with Crippen LogP contribution in [0.2, 0.25) is 5.02 Å². The molecule has 2 N–H and O–H groups in total. The monoisotopic (exact) mass is 363 g/mol. The Bertz CT molecular complexity index is 991. The summed E-state index contributed by atoms with van der Waals surface area (Å²) in [5, 5.41) is 10.2. The topological polar surface area (TPSA) is 71.9 Å². The molecular weight excluding hydrogens is 346 g/mol. The average molecular weight is 364 g/mol. The van der Waals surface area contributed by atoms with Crippen molar-refractivity contribution in [2.75, 3.05) is 12.3 Å². The Morgan fingerprint density at radius 3 is 2.50 bits per heavy atom. The van der Waals surface area contributed by atoms with E-state index in [0.717, 1.165) is 28.0 Å². The number of halogens is 1. The van der Waals surface area contributed by atoms with Crippen LogP contribution >= 0.6 is 11.6 Å². The van der Waals surface area contributed by atoms with E-state index in [-0.39, 0.29) is 5.82 Å². The molecule has 0 unspecified atom stereocenters. The minimum Gasteiger partial charge on any atom is -0.494 e. The Balaban J connectivity index is 2.22. The number of nitrogen functional groups attached to an aromatic ring is 1. The highest BCUT2D eigenvalue weighted by molar-refractivity contribution is 6.30. The normalized spacial score (nSPS) is 10.4. The molecule has 2 aromatic carbocycles. The summed E-state index contributed by atoms with van der Waals surface area (Å²) in [6.45, 7) is 4.48. The number of pyridine rings is 1. The summed E-state index contributed by atoms with van der Waals surface area (Å²) in [6.07, 6.45) is 0. The zero-order valence-corrected chi connectivity index (χ0v) is 15.3. The van der Waals surface area contributed by atoms with Crippen LogP contribution in [-0.4, -0.2) is 11.6 Å². The molecule has 0 amide bonds. The van der Waals surface area contributed by atoms with Gasteiger partial charge in [0.15, 0.2) is 0 Å². The van der Waals surface area contributed by atoms with Gasteiger partial charge in [-0.1, -0.05) is 35.9 Å². The molecular formula is C21H18ClN3O. The zero-order valence-electron chi connectivity index (χ0n) is 14.6. The van der Waals surface area contributed by atoms with Gasteiger partial charge in [0.05, 0.1) is 12.3 Å². The highest BCUT2D eigenvalue weighted by Crippen LogP contribution is 2.36. The van der Waals surface area contributed by atoms with Crippen molar-refractivity contribution >= 4 is 17.4 Å². The molecule has 26 heavy (non-hydrogen) atoms. The third-order valence-corrected chi connectivity index (χ3v) is 4.37. The van der Waals surface area contributed by atoms with E-state index in [1.54, 1.807) is 6.07 Å². The number of nitrogens with zero attached hydrogens (tertiary/aromatic N) is 2. The Morgan fingerprint density at radius 2 is 1.88 bits per heavy atom. The Labute approximate surface area is 157 Å². The van der Waals surface area contributed by atoms with Gasteiger partial charge in [-0.2, -0.15) is 5.26 Å². The van der Waals surface area contributed by atoms with Crippen LogP contribution in [0.15, 0.2) is 48.5 Å². The lowest BCUT2D eigenvalue weighted by Gasteiger charge is -2.15. The van der Waals surface area contributed by atoms with E-state index in [1.807, 2.05) is 56.3 Å². The maximum atomic E-state index is 9.61. The molecule has 130 valence electrons. The van der Waals surface area contributed by atoms with Crippen LogP contribution in [-0.2, 0) is 0 Å². The van der Waals surface area contributed by atoms with Gasteiger partial charge < -0.3 is 10.5 Å². The number of hydrogen-bond acceptors (Lipinski definition) is 4. The van der Waals surface area contributed by atoms with Crippen molar-refractivity contribution in [1.29, 1.82) is 5.26 Å². The van der Waals surface area contributed by atoms with Crippen LogP contribution in [0.3, 0.4) is 0 Å². The maximum absolute atomic E-state index is 9.61. The summed E-state index contributed by atoms with van der Waals surface area (Å²) in [7, 11) is 0. The van der Waals surface area contributed by atoms with Crippen molar-refractivity contribution in [3.8, 4) is 34.2 Å². The molecule has 0 spiro atoms. The number of anilines is 1. The first-order chi connectivity index (χ1) is 12.5. The standard InChI is InChI=1S/C21H18ClN3O/c1-3-26-17-9-7-14(8-10-17)19-13(2)20(25-21(24)18(19)12-23)15-5-4-6-16(22)11-15/h4-11H,3H2,1-2H3,(H2,24,25). The first-order valence-corrected chi connectivity index (χ1v) is 8.62. The van der Waals surface area contributed by atoms with Crippen molar-refractivity contribution in [2.45, 2.75) is 13.8 Å². The van der Waals surface area contributed by atoms with Gasteiger partial charge in [0, 0.05) is 16.1 Å². The first-order valence-electron chi connectivity index (χ1n) is 8.24. The Hall–Kier alpha value is -3.03. The SMILES string of the molecule is CCOc1ccc(-c2c(C)c(-c3cccc(Cl)c3)nc(N)c2C#N)cc1. The van der Waals surface area contributed by atoms with Crippen LogP contribution in [0.5, 0.6) is 5.75 Å². The summed E-state index contributed by atoms with van der Waals surface area (Å²) in [5.41, 5.74) is 10.6. The lowest BCUT2D eigenvalue weighted by atomic mass is 9.93. The van der Waals surface area contributed by atoms with E-state index in [0.29, 0.717) is 22.9 Å². The second kappa shape index (κ2) is 7.47. The Morgan fingerprint density at radius 1 is 1.15 bits per heavy atom. The fourth-order valence-electron chi connectivity index (χ4n) is 2.97. The van der Waals surface area contributed by atoms with Gasteiger partial charge in [-0.05, 0) is 49.2 Å². The number of aromatic nitrogens is 1. The largest absolute Gasteiger partial charge is 0.494 e. The second-order valence-electron chi connectivity index (χ2n) is 5.80. The summed E-state index contributed by atoms with van der Waals surface area (Å²) >= 11 is 6.12. The molecule has 0 radical (unpaired) electrons. The number of benzene rings is 2. The van der Waals surface area contributed by atoms with E-state index in [4.69, 9.17) is 22.1 Å². The minimum absolute atomic E-state index is 0.206. The molecule has 0 bridgehead atoms. The van der Waals surface area contributed by atoms with E-state index in [9.17, 15) is 5.26 Å². The lowest BCUT2D eigenvalue weighted by molar-refractivity contribution is 0.340. The fourth-order valence-corrected chi connectivity index (χ4v) is 3.16. The third kappa shape index (κ3) is 3.35. The van der Waals surface area contributed by atoms with Gasteiger partial charge in [-0.15, -0.1) is 0 Å². The number of nitriles is 1. The van der Waals surface area contributed by atoms with Gasteiger partial charge in [0.2, 0.25) is 0 Å². The summed E-state index contributed by atoms with van der Waals surface area (Å²) in [5.74, 6) is 0.987. The maximum Gasteiger partial charge on any atom is 0.142 e. The molecule has 3 aromatic rings. The quantitative estimate of drug-likeness (QED) is 0.688. The number of hydrogen-bond donors (Lipinski definition) is 1. The highest BCUT2D eigenvalue weighted by atomic mass is 35.5. The minimum atomic E-state index is 0.206. The molecule has 0 saturated carbocycles. The molecule has 0 atom stereocenters. The highest BCUT2D eigenvalue weighted by Gasteiger charge is 2.18. The van der Waals surface area contributed by atoms with Gasteiger partial charge in [0.1, 0.15) is 23.2 Å². The smallest absolute Gasteiger partial charge is 0.142 e. The predicted molar refractivity (Wildman–Crippen MR) is 105 cm³/mol. The van der Waals surface area contributed by atoms with Gasteiger partial charge in [0.25, 0.3) is 0 Å². The van der Waals surface area contributed by atoms with Crippen LogP contribution in [0, 0.1) is 18.3 Å². The van der Waals surface area contributed by atoms with Crippen molar-refractivity contribution in [2.24, 2.45) is 0 Å². The van der Waals surface area contributed by atoms with Crippen LogP contribution in [0.1, 0.15) is 18.1 Å². The summed E-state index contributed by atoms with van der Waals surface area (Å²) < 4.78 is 5.50. The van der Waals surface area contributed by atoms with Crippen LogP contribution in [0.25, 0.3) is 22.4 Å². The van der Waals surface area contributed by atoms with Crippen molar-refractivity contribution in [3.63, 3.8) is 0 Å². The van der Waals surface area contributed by atoms with Gasteiger partial charge >= 0.3 is 0 Å².